The molecule has 0 saturated heterocycles. The Morgan fingerprint density at radius 1 is 1.47 bits per heavy atom. The maximum absolute atomic E-state index is 10.6. The quantitative estimate of drug-likeness (QED) is 0.783. The molecule has 1 amide bonds. The zero-order valence-corrected chi connectivity index (χ0v) is 9.50. The SMILES string of the molecule is Cc1ccc([C@H](C)NCC(N)=O)c(C)c1. The van der Waals surface area contributed by atoms with E-state index in [-0.39, 0.29) is 18.5 Å². The average molecular weight is 206 g/mol. The van der Waals surface area contributed by atoms with E-state index < -0.39 is 0 Å². The van der Waals surface area contributed by atoms with Crippen LogP contribution < -0.4 is 11.1 Å². The predicted octanol–water partition coefficient (Wildman–Crippen LogP) is 1.44. The van der Waals surface area contributed by atoms with Crippen molar-refractivity contribution in [2.24, 2.45) is 5.73 Å². The van der Waals surface area contributed by atoms with Crippen molar-refractivity contribution in [1.29, 1.82) is 0 Å². The van der Waals surface area contributed by atoms with Crippen LogP contribution in [0.25, 0.3) is 0 Å². The van der Waals surface area contributed by atoms with E-state index in [4.69, 9.17) is 5.73 Å². The van der Waals surface area contributed by atoms with Gasteiger partial charge in [-0.1, -0.05) is 23.8 Å². The lowest BCUT2D eigenvalue weighted by Gasteiger charge is -2.16. The third kappa shape index (κ3) is 3.36. The molecular formula is C12H18N2O. The van der Waals surface area contributed by atoms with Crippen molar-refractivity contribution in [3.8, 4) is 0 Å². The molecule has 15 heavy (non-hydrogen) atoms. The fourth-order valence-electron chi connectivity index (χ4n) is 1.68. The van der Waals surface area contributed by atoms with Crippen LogP contribution in [0.5, 0.6) is 0 Å². The van der Waals surface area contributed by atoms with E-state index in [1.54, 1.807) is 0 Å². The van der Waals surface area contributed by atoms with Crippen molar-refractivity contribution in [3.63, 3.8) is 0 Å². The highest BCUT2D eigenvalue weighted by atomic mass is 16.1. The van der Waals surface area contributed by atoms with E-state index in [1.807, 2.05) is 6.92 Å². The summed E-state index contributed by atoms with van der Waals surface area (Å²) in [5, 5.41) is 3.08. The second-order valence-electron chi connectivity index (χ2n) is 3.93. The topological polar surface area (TPSA) is 55.1 Å². The highest BCUT2D eigenvalue weighted by Crippen LogP contribution is 2.18. The normalized spacial score (nSPS) is 12.5. The molecule has 1 atom stereocenters. The maximum atomic E-state index is 10.6. The number of aryl methyl sites for hydroxylation is 2. The van der Waals surface area contributed by atoms with Gasteiger partial charge in [-0.05, 0) is 31.9 Å². The summed E-state index contributed by atoms with van der Waals surface area (Å²) in [6.45, 7) is 6.39. The van der Waals surface area contributed by atoms with Crippen LogP contribution in [0.2, 0.25) is 0 Å². The monoisotopic (exact) mass is 206 g/mol. The first-order valence-electron chi connectivity index (χ1n) is 5.09. The van der Waals surface area contributed by atoms with Crippen molar-refractivity contribution in [3.05, 3.63) is 34.9 Å². The van der Waals surface area contributed by atoms with E-state index >= 15 is 0 Å². The van der Waals surface area contributed by atoms with Gasteiger partial charge in [-0.3, -0.25) is 4.79 Å². The zero-order chi connectivity index (χ0) is 11.4. The third-order valence-electron chi connectivity index (χ3n) is 2.47. The van der Waals surface area contributed by atoms with Gasteiger partial charge in [-0.2, -0.15) is 0 Å². The van der Waals surface area contributed by atoms with Crippen molar-refractivity contribution < 1.29 is 4.79 Å². The summed E-state index contributed by atoms with van der Waals surface area (Å²) >= 11 is 0. The number of carbonyl (C=O) groups is 1. The highest BCUT2D eigenvalue weighted by molar-refractivity contribution is 5.75. The summed E-state index contributed by atoms with van der Waals surface area (Å²) in [5.41, 5.74) is 8.77. The highest BCUT2D eigenvalue weighted by Gasteiger charge is 2.08. The van der Waals surface area contributed by atoms with Crippen LogP contribution in [-0.2, 0) is 4.79 Å². The molecule has 0 aliphatic carbocycles. The Morgan fingerprint density at radius 2 is 2.13 bits per heavy atom. The molecule has 0 aliphatic rings. The summed E-state index contributed by atoms with van der Waals surface area (Å²) in [5.74, 6) is -0.327. The molecule has 3 N–H and O–H groups in total. The van der Waals surface area contributed by atoms with Crippen LogP contribution in [0.3, 0.4) is 0 Å². The summed E-state index contributed by atoms with van der Waals surface area (Å²) in [7, 11) is 0. The summed E-state index contributed by atoms with van der Waals surface area (Å²) in [4.78, 5) is 10.6. The fraction of sp³-hybridized carbons (Fsp3) is 0.417. The van der Waals surface area contributed by atoms with Crippen molar-refractivity contribution >= 4 is 5.91 Å². The Morgan fingerprint density at radius 3 is 2.67 bits per heavy atom. The molecule has 1 aromatic rings. The minimum Gasteiger partial charge on any atom is -0.369 e. The minimum atomic E-state index is -0.327. The van der Waals surface area contributed by atoms with Gasteiger partial charge in [-0.15, -0.1) is 0 Å². The lowest BCUT2D eigenvalue weighted by Crippen LogP contribution is -2.30. The minimum absolute atomic E-state index is 0.151. The van der Waals surface area contributed by atoms with E-state index in [2.05, 4.69) is 37.4 Å². The van der Waals surface area contributed by atoms with Crippen LogP contribution in [0.15, 0.2) is 18.2 Å². The molecule has 0 bridgehead atoms. The number of carbonyl (C=O) groups excluding carboxylic acids is 1. The number of benzene rings is 1. The Labute approximate surface area is 90.7 Å². The number of primary amides is 1. The lowest BCUT2D eigenvalue weighted by atomic mass is 10.0. The van der Waals surface area contributed by atoms with Gasteiger partial charge in [0.15, 0.2) is 0 Å². The first-order chi connectivity index (χ1) is 7.00. The second-order valence-corrected chi connectivity index (χ2v) is 3.93. The molecule has 3 nitrogen and oxygen atoms in total. The van der Waals surface area contributed by atoms with E-state index in [9.17, 15) is 4.79 Å². The van der Waals surface area contributed by atoms with Crippen LogP contribution in [-0.4, -0.2) is 12.5 Å². The van der Waals surface area contributed by atoms with E-state index in [0.29, 0.717) is 0 Å². The summed E-state index contributed by atoms with van der Waals surface area (Å²) < 4.78 is 0. The maximum Gasteiger partial charge on any atom is 0.231 e. The van der Waals surface area contributed by atoms with Gasteiger partial charge in [0.25, 0.3) is 0 Å². The average Bonchev–Trinajstić information content (AvgIpc) is 2.14. The molecule has 82 valence electrons. The molecule has 0 fully saturated rings. The largest absolute Gasteiger partial charge is 0.369 e. The number of hydrogen-bond acceptors (Lipinski definition) is 2. The fourth-order valence-corrected chi connectivity index (χ4v) is 1.68. The Kier molecular flexibility index (Phi) is 3.86. The molecule has 0 unspecified atom stereocenters. The molecule has 0 radical (unpaired) electrons. The van der Waals surface area contributed by atoms with Crippen molar-refractivity contribution in [2.75, 3.05) is 6.54 Å². The van der Waals surface area contributed by atoms with Gasteiger partial charge in [0.05, 0.1) is 6.54 Å². The number of hydrogen-bond donors (Lipinski definition) is 2. The molecule has 0 aromatic heterocycles. The van der Waals surface area contributed by atoms with Gasteiger partial charge in [0.1, 0.15) is 0 Å². The van der Waals surface area contributed by atoms with Crippen LogP contribution >= 0.6 is 0 Å². The van der Waals surface area contributed by atoms with Gasteiger partial charge in [-0.25, -0.2) is 0 Å². The van der Waals surface area contributed by atoms with E-state index in [0.717, 1.165) is 0 Å². The third-order valence-corrected chi connectivity index (χ3v) is 2.47. The molecule has 0 aliphatic heterocycles. The first-order valence-corrected chi connectivity index (χ1v) is 5.09. The summed E-state index contributed by atoms with van der Waals surface area (Å²) in [6.07, 6.45) is 0. The molecule has 0 heterocycles. The molecule has 0 spiro atoms. The standard InChI is InChI=1S/C12H18N2O/c1-8-4-5-11(9(2)6-8)10(3)14-7-12(13)15/h4-6,10,14H,7H2,1-3H3,(H2,13,15)/t10-/m0/s1. The van der Waals surface area contributed by atoms with Gasteiger partial charge in [0.2, 0.25) is 5.91 Å². The van der Waals surface area contributed by atoms with Gasteiger partial charge >= 0.3 is 0 Å². The van der Waals surface area contributed by atoms with E-state index in [1.165, 1.54) is 16.7 Å². The van der Waals surface area contributed by atoms with Crippen molar-refractivity contribution in [2.45, 2.75) is 26.8 Å². The number of rotatable bonds is 4. The van der Waals surface area contributed by atoms with Crippen LogP contribution in [0.4, 0.5) is 0 Å². The smallest absolute Gasteiger partial charge is 0.231 e. The zero-order valence-electron chi connectivity index (χ0n) is 9.50. The van der Waals surface area contributed by atoms with Crippen molar-refractivity contribution in [1.82, 2.24) is 5.32 Å². The molecule has 3 heteroatoms. The Balaban J connectivity index is 2.73. The molecule has 0 saturated carbocycles. The number of nitrogens with one attached hydrogen (secondary N) is 1. The summed E-state index contributed by atoms with van der Waals surface area (Å²) in [6, 6.07) is 6.45. The Bertz CT molecular complexity index is 361. The lowest BCUT2D eigenvalue weighted by molar-refractivity contribution is -0.117. The first kappa shape index (κ1) is 11.7. The molecular weight excluding hydrogens is 188 g/mol. The number of amides is 1. The van der Waals surface area contributed by atoms with Crippen LogP contribution in [0, 0.1) is 13.8 Å². The second kappa shape index (κ2) is 4.94. The molecule has 1 aromatic carbocycles. The van der Waals surface area contributed by atoms with Gasteiger partial charge < -0.3 is 11.1 Å². The van der Waals surface area contributed by atoms with Gasteiger partial charge in [0, 0.05) is 6.04 Å². The Hall–Kier alpha value is -1.35. The number of nitrogens with two attached hydrogens (primary N) is 1. The van der Waals surface area contributed by atoms with Crippen LogP contribution in [0.1, 0.15) is 29.7 Å². The molecule has 1 rings (SSSR count). The predicted molar refractivity (Wildman–Crippen MR) is 61.5 cm³/mol.